The van der Waals surface area contributed by atoms with Crippen LogP contribution in [0.2, 0.25) is 10.0 Å². The third-order valence-corrected chi connectivity index (χ3v) is 4.45. The smallest absolute Gasteiger partial charge is 0.329 e. The van der Waals surface area contributed by atoms with Crippen molar-refractivity contribution < 1.29 is 18.0 Å². The number of halogens is 6. The molecule has 0 fully saturated rings. The van der Waals surface area contributed by atoms with E-state index in [1.807, 2.05) is 0 Å². The minimum absolute atomic E-state index is 0. The number of nitrogens with one attached hydrogen (secondary N) is 1. The predicted molar refractivity (Wildman–Crippen MR) is 105 cm³/mol. The molecule has 2 aromatic carbocycles. The van der Waals surface area contributed by atoms with Gasteiger partial charge in [0.25, 0.3) is 5.91 Å². The van der Waals surface area contributed by atoms with E-state index < -0.39 is 17.9 Å². The van der Waals surface area contributed by atoms with Crippen LogP contribution >= 0.6 is 35.6 Å². The molecule has 3 rings (SSSR count). The first-order chi connectivity index (χ1) is 12.7. The monoisotopic (exact) mass is 452 g/mol. The molecule has 0 aliphatic carbocycles. The first kappa shape index (κ1) is 22.3. The second-order valence-corrected chi connectivity index (χ2v) is 6.41. The zero-order chi connectivity index (χ0) is 19.8. The number of anilines is 1. The standard InChI is InChI=1S/C17H13Cl2F3N4O.ClH/c18-9-3-1-4-10(19)13(9)15(27)24-11-5-2-6-12-14(11)25-16(17(20,21)22)26(12)8-7-23;/h1-6H,7-8,23H2,(H,24,27);1H. The molecular formula is C17H14Cl3F3N4O. The molecule has 0 aliphatic heterocycles. The molecule has 1 aromatic heterocycles. The largest absolute Gasteiger partial charge is 0.449 e. The maximum Gasteiger partial charge on any atom is 0.449 e. The Bertz CT molecular complexity index is 1000. The number of nitrogens with two attached hydrogens (primary N) is 1. The molecule has 0 atom stereocenters. The number of carbonyl (C=O) groups excluding carboxylic acids is 1. The number of imidazole rings is 1. The van der Waals surface area contributed by atoms with E-state index in [1.54, 1.807) is 6.07 Å². The van der Waals surface area contributed by atoms with Crippen LogP contribution in [0.1, 0.15) is 16.2 Å². The van der Waals surface area contributed by atoms with Gasteiger partial charge in [0, 0.05) is 13.1 Å². The maximum absolute atomic E-state index is 13.3. The molecule has 11 heteroatoms. The second-order valence-electron chi connectivity index (χ2n) is 5.60. The third-order valence-electron chi connectivity index (χ3n) is 3.82. The van der Waals surface area contributed by atoms with E-state index >= 15 is 0 Å². The van der Waals surface area contributed by atoms with E-state index in [4.69, 9.17) is 28.9 Å². The Morgan fingerprint density at radius 2 is 1.75 bits per heavy atom. The van der Waals surface area contributed by atoms with E-state index in [2.05, 4.69) is 10.3 Å². The summed E-state index contributed by atoms with van der Waals surface area (Å²) in [6, 6.07) is 8.99. The Kier molecular flexibility index (Phi) is 6.82. The van der Waals surface area contributed by atoms with E-state index in [-0.39, 0.29) is 57.8 Å². The number of aromatic nitrogens is 2. The van der Waals surface area contributed by atoms with Crippen molar-refractivity contribution in [3.05, 3.63) is 57.8 Å². The molecule has 0 spiro atoms. The van der Waals surface area contributed by atoms with Gasteiger partial charge in [-0.3, -0.25) is 4.79 Å². The lowest BCUT2D eigenvalue weighted by Gasteiger charge is -2.10. The van der Waals surface area contributed by atoms with Gasteiger partial charge in [-0.05, 0) is 24.3 Å². The summed E-state index contributed by atoms with van der Waals surface area (Å²) in [4.78, 5) is 16.3. The van der Waals surface area contributed by atoms with Crippen LogP contribution in [0.15, 0.2) is 36.4 Å². The van der Waals surface area contributed by atoms with E-state index in [0.29, 0.717) is 0 Å². The highest BCUT2D eigenvalue weighted by Gasteiger charge is 2.37. The number of para-hydroxylation sites is 1. The normalized spacial score (nSPS) is 11.4. The lowest BCUT2D eigenvalue weighted by atomic mass is 10.2. The molecule has 5 nitrogen and oxygen atoms in total. The quantitative estimate of drug-likeness (QED) is 0.584. The number of hydrogen-bond donors (Lipinski definition) is 2. The van der Waals surface area contributed by atoms with Crippen LogP contribution in [-0.4, -0.2) is 22.0 Å². The van der Waals surface area contributed by atoms with Crippen molar-refractivity contribution in [1.29, 1.82) is 0 Å². The molecule has 0 radical (unpaired) electrons. The topological polar surface area (TPSA) is 72.9 Å². The molecule has 1 amide bonds. The number of rotatable bonds is 4. The number of alkyl halides is 3. The lowest BCUT2D eigenvalue weighted by molar-refractivity contribution is -0.146. The van der Waals surface area contributed by atoms with Crippen LogP contribution in [0.4, 0.5) is 18.9 Å². The van der Waals surface area contributed by atoms with Crippen LogP contribution in [0, 0.1) is 0 Å². The number of hydrogen-bond acceptors (Lipinski definition) is 3. The van der Waals surface area contributed by atoms with Gasteiger partial charge in [0.1, 0.15) is 5.52 Å². The minimum atomic E-state index is -4.67. The molecule has 0 aliphatic rings. The van der Waals surface area contributed by atoms with Gasteiger partial charge in [0.15, 0.2) is 0 Å². The van der Waals surface area contributed by atoms with Crippen molar-refractivity contribution in [1.82, 2.24) is 9.55 Å². The molecule has 0 saturated heterocycles. The highest BCUT2D eigenvalue weighted by Crippen LogP contribution is 2.34. The molecule has 0 saturated carbocycles. The zero-order valence-corrected chi connectivity index (χ0v) is 16.4. The molecule has 0 unspecified atom stereocenters. The highest BCUT2D eigenvalue weighted by molar-refractivity contribution is 6.40. The van der Waals surface area contributed by atoms with Gasteiger partial charge < -0.3 is 15.6 Å². The Morgan fingerprint density at radius 3 is 2.32 bits per heavy atom. The van der Waals surface area contributed by atoms with E-state index in [0.717, 1.165) is 4.57 Å². The van der Waals surface area contributed by atoms with Gasteiger partial charge in [-0.1, -0.05) is 35.3 Å². The third kappa shape index (κ3) is 4.20. The highest BCUT2D eigenvalue weighted by atomic mass is 35.5. The average Bonchev–Trinajstić information content (AvgIpc) is 2.95. The van der Waals surface area contributed by atoms with Crippen molar-refractivity contribution in [3.8, 4) is 0 Å². The van der Waals surface area contributed by atoms with Crippen LogP contribution in [0.25, 0.3) is 11.0 Å². The van der Waals surface area contributed by atoms with Crippen molar-refractivity contribution in [3.63, 3.8) is 0 Å². The molecule has 1 heterocycles. The van der Waals surface area contributed by atoms with Gasteiger partial charge >= 0.3 is 6.18 Å². The summed E-state index contributed by atoms with van der Waals surface area (Å²) in [5, 5.41) is 2.78. The Balaban J connectivity index is 0.00000280. The number of fused-ring (bicyclic) bond motifs is 1. The number of benzene rings is 2. The average molecular weight is 454 g/mol. The summed E-state index contributed by atoms with van der Waals surface area (Å²) in [6.07, 6.45) is -4.67. The van der Waals surface area contributed by atoms with Crippen LogP contribution < -0.4 is 11.1 Å². The molecule has 28 heavy (non-hydrogen) atoms. The second kappa shape index (κ2) is 8.57. The van der Waals surface area contributed by atoms with Crippen molar-refractivity contribution in [2.24, 2.45) is 5.73 Å². The fourth-order valence-corrected chi connectivity index (χ4v) is 3.29. The Labute approximate surface area is 174 Å². The van der Waals surface area contributed by atoms with Crippen LogP contribution in [-0.2, 0) is 12.7 Å². The first-order valence-electron chi connectivity index (χ1n) is 7.76. The van der Waals surface area contributed by atoms with Gasteiger partial charge in [-0.25, -0.2) is 4.98 Å². The first-order valence-corrected chi connectivity index (χ1v) is 8.51. The summed E-state index contributed by atoms with van der Waals surface area (Å²) in [6.45, 7) is -0.0700. The summed E-state index contributed by atoms with van der Waals surface area (Å²) in [5.74, 6) is -1.74. The number of amides is 1. The molecule has 150 valence electrons. The number of carbonyl (C=O) groups is 1. The van der Waals surface area contributed by atoms with Crippen LogP contribution in [0.3, 0.4) is 0 Å². The fraction of sp³-hybridized carbons (Fsp3) is 0.176. The van der Waals surface area contributed by atoms with Gasteiger partial charge in [-0.2, -0.15) is 13.2 Å². The zero-order valence-electron chi connectivity index (χ0n) is 14.1. The Morgan fingerprint density at radius 1 is 1.14 bits per heavy atom. The van der Waals surface area contributed by atoms with Gasteiger partial charge in [0.2, 0.25) is 5.82 Å². The van der Waals surface area contributed by atoms with E-state index in [1.165, 1.54) is 30.3 Å². The Hall–Kier alpha value is -2.00. The molecule has 3 N–H and O–H groups in total. The lowest BCUT2D eigenvalue weighted by Crippen LogP contribution is -2.18. The molecule has 0 bridgehead atoms. The summed E-state index contributed by atoms with van der Waals surface area (Å²) in [7, 11) is 0. The maximum atomic E-state index is 13.3. The van der Waals surface area contributed by atoms with Gasteiger partial charge in [0.05, 0.1) is 26.8 Å². The number of nitrogens with zero attached hydrogens (tertiary/aromatic N) is 2. The summed E-state index contributed by atoms with van der Waals surface area (Å²) >= 11 is 12.0. The van der Waals surface area contributed by atoms with Crippen molar-refractivity contribution >= 4 is 58.2 Å². The van der Waals surface area contributed by atoms with Gasteiger partial charge in [-0.15, -0.1) is 12.4 Å². The van der Waals surface area contributed by atoms with Crippen molar-refractivity contribution in [2.45, 2.75) is 12.7 Å². The minimum Gasteiger partial charge on any atom is -0.329 e. The summed E-state index contributed by atoms with van der Waals surface area (Å²) in [5.41, 5.74) is 5.77. The van der Waals surface area contributed by atoms with Crippen LogP contribution in [0.5, 0.6) is 0 Å². The summed E-state index contributed by atoms with van der Waals surface area (Å²) < 4.78 is 41.0. The fourth-order valence-electron chi connectivity index (χ4n) is 2.72. The SMILES string of the molecule is Cl.NCCn1c(C(F)(F)F)nc2c(NC(=O)c3c(Cl)cccc3Cl)cccc21. The molecule has 3 aromatic rings. The van der Waals surface area contributed by atoms with Crippen molar-refractivity contribution in [2.75, 3.05) is 11.9 Å². The predicted octanol–water partition coefficient (Wildman–Crippen LogP) is 4.99. The van der Waals surface area contributed by atoms with E-state index in [9.17, 15) is 18.0 Å². The molecular weight excluding hydrogens is 440 g/mol.